The summed E-state index contributed by atoms with van der Waals surface area (Å²) in [6.07, 6.45) is 16.4. The zero-order valence-corrected chi connectivity index (χ0v) is 33.9. The first-order valence-electron chi connectivity index (χ1n) is 21.0. The molecular weight excluding hydrogens is 691 g/mol. The molecule has 9 rings (SSSR count). The minimum atomic E-state index is 0.730. The molecule has 1 aliphatic heterocycles. The van der Waals surface area contributed by atoms with Crippen LogP contribution in [0.25, 0.3) is 33.1 Å². The summed E-state index contributed by atoms with van der Waals surface area (Å²) in [5, 5.41) is 2.56. The van der Waals surface area contributed by atoms with Crippen LogP contribution >= 0.6 is 0 Å². The maximum Gasteiger partial charge on any atom is 0.0541 e. The van der Waals surface area contributed by atoms with Gasteiger partial charge in [-0.3, -0.25) is 0 Å². The number of hydrogen-bond acceptors (Lipinski definition) is 2. The number of benzene rings is 6. The van der Waals surface area contributed by atoms with Crippen molar-refractivity contribution in [1.82, 2.24) is 4.57 Å². The second-order valence-corrected chi connectivity index (χ2v) is 16.0. The highest BCUT2D eigenvalue weighted by molar-refractivity contribution is 6.09. The summed E-state index contributed by atoms with van der Waals surface area (Å²) in [6.45, 7) is 10.0. The average Bonchev–Trinajstić information content (AvgIpc) is 3.37. The number of aromatic nitrogens is 1. The SMILES string of the molecule is CCCCC(CC)Cc1ccc(N(c2ccc(N3Cc4ccccc4C4=C3C=CCC=C4)cc2C)c2ccc(-n3c4ccccc4c4ccccc43)cc2C)cc1. The van der Waals surface area contributed by atoms with Gasteiger partial charge in [-0.25, -0.2) is 0 Å². The van der Waals surface area contributed by atoms with Crippen LogP contribution < -0.4 is 9.80 Å². The molecule has 3 nitrogen and oxygen atoms in total. The van der Waals surface area contributed by atoms with Gasteiger partial charge in [-0.05, 0) is 127 Å². The molecule has 0 spiro atoms. The van der Waals surface area contributed by atoms with Gasteiger partial charge in [0.2, 0.25) is 0 Å². The topological polar surface area (TPSA) is 11.4 Å². The molecule has 3 heteroatoms. The molecule has 0 saturated heterocycles. The molecule has 0 bridgehead atoms. The quantitative estimate of drug-likeness (QED) is 0.131. The molecule has 0 saturated carbocycles. The number of allylic oxidation sites excluding steroid dienone is 5. The van der Waals surface area contributed by atoms with E-state index in [2.05, 4.69) is 200 Å². The summed E-state index contributed by atoms with van der Waals surface area (Å²) in [4.78, 5) is 4.97. The molecule has 1 unspecified atom stereocenters. The molecule has 2 aliphatic rings. The Morgan fingerprint density at radius 2 is 1.28 bits per heavy atom. The lowest BCUT2D eigenvalue weighted by Crippen LogP contribution is -2.26. The number of hydrogen-bond donors (Lipinski definition) is 0. The van der Waals surface area contributed by atoms with Crippen molar-refractivity contribution in [3.8, 4) is 5.69 Å². The highest BCUT2D eigenvalue weighted by Gasteiger charge is 2.25. The van der Waals surface area contributed by atoms with Crippen LogP contribution in [0.3, 0.4) is 0 Å². The maximum atomic E-state index is 2.49. The Bertz CT molecular complexity index is 2620. The number of aryl methyl sites for hydroxylation is 2. The number of fused-ring (bicyclic) bond motifs is 5. The van der Waals surface area contributed by atoms with Gasteiger partial charge in [-0.15, -0.1) is 0 Å². The van der Waals surface area contributed by atoms with E-state index in [1.54, 1.807) is 0 Å². The molecule has 0 radical (unpaired) electrons. The third-order valence-corrected chi connectivity index (χ3v) is 12.3. The van der Waals surface area contributed by atoms with Gasteiger partial charge >= 0.3 is 0 Å². The van der Waals surface area contributed by atoms with Gasteiger partial charge < -0.3 is 14.4 Å². The number of unbranched alkanes of at least 4 members (excludes halogenated alkanes) is 1. The third kappa shape index (κ3) is 6.90. The molecular formula is C54H53N3. The summed E-state index contributed by atoms with van der Waals surface area (Å²) in [7, 11) is 0. The van der Waals surface area contributed by atoms with Crippen LogP contribution in [0.2, 0.25) is 0 Å². The van der Waals surface area contributed by atoms with Crippen molar-refractivity contribution in [2.45, 2.75) is 72.8 Å². The predicted molar refractivity (Wildman–Crippen MR) is 244 cm³/mol. The smallest absolute Gasteiger partial charge is 0.0541 e. The zero-order valence-electron chi connectivity index (χ0n) is 33.9. The molecule has 7 aromatic rings. The van der Waals surface area contributed by atoms with E-state index < -0.39 is 0 Å². The normalized spacial score (nSPS) is 14.2. The van der Waals surface area contributed by atoms with E-state index in [9.17, 15) is 0 Å². The van der Waals surface area contributed by atoms with Gasteiger partial charge in [0.25, 0.3) is 0 Å². The van der Waals surface area contributed by atoms with Crippen LogP contribution in [-0.4, -0.2) is 4.57 Å². The van der Waals surface area contributed by atoms with E-state index in [4.69, 9.17) is 0 Å². The molecule has 6 aromatic carbocycles. The van der Waals surface area contributed by atoms with Crippen molar-refractivity contribution >= 4 is 50.1 Å². The molecule has 1 aromatic heterocycles. The molecule has 1 aliphatic carbocycles. The Hall–Kier alpha value is -6.06. The summed E-state index contributed by atoms with van der Waals surface area (Å²) in [6, 6.07) is 49.9. The molecule has 0 N–H and O–H groups in total. The summed E-state index contributed by atoms with van der Waals surface area (Å²) < 4.78 is 2.42. The van der Waals surface area contributed by atoms with Gasteiger partial charge in [-0.2, -0.15) is 0 Å². The van der Waals surface area contributed by atoms with Crippen molar-refractivity contribution in [2.75, 3.05) is 9.80 Å². The Morgan fingerprint density at radius 1 is 0.649 bits per heavy atom. The molecule has 2 heterocycles. The van der Waals surface area contributed by atoms with Crippen molar-refractivity contribution in [2.24, 2.45) is 5.92 Å². The predicted octanol–water partition coefficient (Wildman–Crippen LogP) is 14.9. The Labute approximate surface area is 338 Å². The molecule has 1 atom stereocenters. The van der Waals surface area contributed by atoms with E-state index in [0.717, 1.165) is 25.3 Å². The highest BCUT2D eigenvalue weighted by Crippen LogP contribution is 2.43. The van der Waals surface area contributed by atoms with Crippen LogP contribution in [0.4, 0.5) is 22.7 Å². The Morgan fingerprint density at radius 3 is 1.96 bits per heavy atom. The maximum absolute atomic E-state index is 2.49. The van der Waals surface area contributed by atoms with Gasteiger partial charge in [-0.1, -0.05) is 131 Å². The van der Waals surface area contributed by atoms with E-state index >= 15 is 0 Å². The van der Waals surface area contributed by atoms with Crippen molar-refractivity contribution < 1.29 is 0 Å². The van der Waals surface area contributed by atoms with Crippen LogP contribution in [0.5, 0.6) is 0 Å². The fraction of sp³-hybridized carbons (Fsp3) is 0.222. The standard InChI is InChI=1S/C54H53N3/c1-5-7-17-40(6-2)36-41-26-28-43(29-27-41)56(51-33-31-45(35-39(51)4)57-53-24-15-13-21-48(53)49-22-14-16-25-54(49)57)50-32-30-44(34-38(50)3)55-37-42-18-11-12-19-46(42)47-20-9-8-10-23-52(47)55/h9-16,18-35,40H,5-8,17,36-37H2,1-4H3. The lowest BCUT2D eigenvalue weighted by atomic mass is 9.92. The van der Waals surface area contributed by atoms with Crippen LogP contribution in [0, 0.1) is 19.8 Å². The second kappa shape index (κ2) is 15.8. The van der Waals surface area contributed by atoms with Gasteiger partial charge in [0.05, 0.1) is 11.0 Å². The van der Waals surface area contributed by atoms with Gasteiger partial charge in [0.15, 0.2) is 0 Å². The van der Waals surface area contributed by atoms with E-state index in [0.29, 0.717) is 0 Å². The minimum Gasteiger partial charge on any atom is -0.336 e. The Kier molecular flexibility index (Phi) is 10.2. The van der Waals surface area contributed by atoms with E-state index in [1.807, 2.05) is 0 Å². The first kappa shape index (κ1) is 36.6. The van der Waals surface area contributed by atoms with Crippen molar-refractivity contribution in [3.05, 3.63) is 191 Å². The van der Waals surface area contributed by atoms with Crippen LogP contribution in [-0.2, 0) is 13.0 Å². The second-order valence-electron chi connectivity index (χ2n) is 16.0. The third-order valence-electron chi connectivity index (χ3n) is 12.3. The van der Waals surface area contributed by atoms with Crippen molar-refractivity contribution in [3.63, 3.8) is 0 Å². The number of nitrogens with zero attached hydrogens (tertiary/aromatic N) is 3. The van der Waals surface area contributed by atoms with Gasteiger partial charge in [0.1, 0.15) is 0 Å². The van der Waals surface area contributed by atoms with E-state index in [-0.39, 0.29) is 0 Å². The fourth-order valence-electron chi connectivity index (χ4n) is 9.24. The first-order chi connectivity index (χ1) is 28.0. The first-order valence-corrected chi connectivity index (χ1v) is 21.0. The fourth-order valence-corrected chi connectivity index (χ4v) is 9.24. The number of para-hydroxylation sites is 2. The highest BCUT2D eigenvalue weighted by atomic mass is 15.2. The van der Waals surface area contributed by atoms with Gasteiger partial charge in [0, 0.05) is 57.0 Å². The lowest BCUT2D eigenvalue weighted by Gasteiger charge is -2.34. The summed E-state index contributed by atoms with van der Waals surface area (Å²) in [5.41, 5.74) is 17.6. The Balaban J connectivity index is 1.13. The van der Waals surface area contributed by atoms with Crippen molar-refractivity contribution in [1.29, 1.82) is 0 Å². The monoisotopic (exact) mass is 743 g/mol. The lowest BCUT2D eigenvalue weighted by molar-refractivity contribution is 0.449. The largest absolute Gasteiger partial charge is 0.336 e. The van der Waals surface area contributed by atoms with Crippen LogP contribution in [0.1, 0.15) is 73.8 Å². The molecule has 57 heavy (non-hydrogen) atoms. The molecule has 284 valence electrons. The zero-order chi connectivity index (χ0) is 38.9. The summed E-state index contributed by atoms with van der Waals surface area (Å²) in [5.74, 6) is 0.730. The van der Waals surface area contributed by atoms with Crippen LogP contribution in [0.15, 0.2) is 163 Å². The average molecular weight is 744 g/mol. The number of rotatable bonds is 11. The summed E-state index contributed by atoms with van der Waals surface area (Å²) >= 11 is 0. The number of anilines is 4. The van der Waals surface area contributed by atoms with E-state index in [1.165, 1.54) is 115 Å². The molecule has 0 fully saturated rings. The molecule has 0 amide bonds. The minimum absolute atomic E-state index is 0.730.